The van der Waals surface area contributed by atoms with Gasteiger partial charge in [-0.05, 0) is 31.0 Å². The van der Waals surface area contributed by atoms with Crippen molar-refractivity contribution in [2.24, 2.45) is 5.92 Å². The summed E-state index contributed by atoms with van der Waals surface area (Å²) in [6.45, 7) is 0.358. The van der Waals surface area contributed by atoms with Crippen LogP contribution in [0.1, 0.15) is 19.3 Å². The van der Waals surface area contributed by atoms with Crippen molar-refractivity contribution in [3.8, 4) is 0 Å². The van der Waals surface area contributed by atoms with Gasteiger partial charge in [0.15, 0.2) is 0 Å². The molecule has 0 radical (unpaired) electrons. The molecular weight excluding hydrogens is 348 g/mol. The topological polar surface area (TPSA) is 27.3 Å². The number of anilines is 3. The van der Waals surface area contributed by atoms with E-state index in [1.807, 2.05) is 4.90 Å². The first-order chi connectivity index (χ1) is 11.6. The molecule has 0 amide bonds. The number of rotatable bonds is 5. The maximum Gasteiger partial charge on any atom is 0.391 e. The van der Waals surface area contributed by atoms with Gasteiger partial charge in [0, 0.05) is 32.4 Å². The molecule has 1 heterocycles. The Morgan fingerprint density at radius 1 is 1.04 bits per heavy atom. The predicted octanol–water partition coefficient (Wildman–Crippen LogP) is 4.87. The highest BCUT2D eigenvalue weighted by atomic mass is 19.4. The fourth-order valence-corrected chi connectivity index (χ4v) is 2.89. The minimum atomic E-state index is -4.23. The van der Waals surface area contributed by atoms with Crippen molar-refractivity contribution >= 4 is 17.1 Å². The van der Waals surface area contributed by atoms with E-state index in [1.165, 1.54) is 0 Å². The average molecular weight is 369 g/mol. The normalized spacial score (nSPS) is 16.8. The third-order valence-electron chi connectivity index (χ3n) is 4.32. The predicted molar refractivity (Wildman–Crippen MR) is 86.1 cm³/mol. The van der Waals surface area contributed by atoms with Crippen molar-refractivity contribution in [1.82, 2.24) is 0 Å². The Bertz CT molecular complexity index is 562. The van der Waals surface area contributed by atoms with Crippen LogP contribution in [0.15, 0.2) is 18.2 Å². The molecule has 0 aromatic heterocycles. The first-order valence-electron chi connectivity index (χ1n) is 8.04. The van der Waals surface area contributed by atoms with Crippen molar-refractivity contribution in [1.29, 1.82) is 0 Å². The number of piperidine rings is 1. The molecule has 0 spiro atoms. The monoisotopic (exact) mass is 369 g/mol. The van der Waals surface area contributed by atoms with Crippen molar-refractivity contribution in [2.75, 3.05) is 42.2 Å². The van der Waals surface area contributed by atoms with Crippen molar-refractivity contribution < 1.29 is 26.3 Å². The SMILES string of the molecule is CNc1cc(N2CCC(C(F)(F)F)CC2)ccc1NCCC(F)(F)F. The lowest BCUT2D eigenvalue weighted by molar-refractivity contribution is -0.179. The molecule has 142 valence electrons. The van der Waals surface area contributed by atoms with Gasteiger partial charge in [-0.3, -0.25) is 0 Å². The molecule has 2 N–H and O–H groups in total. The first-order valence-corrected chi connectivity index (χ1v) is 8.04. The average Bonchev–Trinajstić information content (AvgIpc) is 2.53. The Labute approximate surface area is 142 Å². The van der Waals surface area contributed by atoms with Crippen LogP contribution in [-0.4, -0.2) is 39.0 Å². The molecule has 0 saturated carbocycles. The van der Waals surface area contributed by atoms with Gasteiger partial charge in [-0.15, -0.1) is 0 Å². The molecule has 9 heteroatoms. The van der Waals surface area contributed by atoms with Gasteiger partial charge in [0.05, 0.1) is 23.7 Å². The summed E-state index contributed by atoms with van der Waals surface area (Å²) in [5, 5.41) is 5.63. The van der Waals surface area contributed by atoms with E-state index < -0.39 is 24.7 Å². The molecule has 0 unspecified atom stereocenters. The van der Waals surface area contributed by atoms with Crippen LogP contribution in [-0.2, 0) is 0 Å². The second-order valence-electron chi connectivity index (χ2n) is 6.07. The van der Waals surface area contributed by atoms with Gasteiger partial charge in [0.1, 0.15) is 0 Å². The van der Waals surface area contributed by atoms with E-state index >= 15 is 0 Å². The highest BCUT2D eigenvalue weighted by Crippen LogP contribution is 2.36. The molecule has 2 rings (SSSR count). The Morgan fingerprint density at radius 3 is 2.20 bits per heavy atom. The number of halogens is 6. The van der Waals surface area contributed by atoms with E-state index in [-0.39, 0.29) is 19.4 Å². The Morgan fingerprint density at radius 2 is 1.68 bits per heavy atom. The van der Waals surface area contributed by atoms with Crippen molar-refractivity contribution in [2.45, 2.75) is 31.6 Å². The summed E-state index contributed by atoms with van der Waals surface area (Å²) in [6.07, 6.45) is -9.24. The van der Waals surface area contributed by atoms with Crippen LogP contribution in [0, 0.1) is 5.92 Å². The number of hydrogen-bond donors (Lipinski definition) is 2. The highest BCUT2D eigenvalue weighted by Gasteiger charge is 2.41. The van der Waals surface area contributed by atoms with Gasteiger partial charge in [-0.2, -0.15) is 26.3 Å². The van der Waals surface area contributed by atoms with Gasteiger partial charge in [0.2, 0.25) is 0 Å². The fraction of sp³-hybridized carbons (Fsp3) is 0.625. The fourth-order valence-electron chi connectivity index (χ4n) is 2.89. The molecule has 1 aliphatic heterocycles. The maximum atomic E-state index is 12.7. The molecule has 3 nitrogen and oxygen atoms in total. The summed E-state index contributed by atoms with van der Waals surface area (Å²) >= 11 is 0. The number of nitrogens with zero attached hydrogens (tertiary/aromatic N) is 1. The second-order valence-corrected chi connectivity index (χ2v) is 6.07. The lowest BCUT2D eigenvalue weighted by Gasteiger charge is -2.34. The van der Waals surface area contributed by atoms with Crippen molar-refractivity contribution in [3.05, 3.63) is 18.2 Å². The van der Waals surface area contributed by atoms with Gasteiger partial charge in [0.25, 0.3) is 0 Å². The smallest absolute Gasteiger partial charge is 0.386 e. The van der Waals surface area contributed by atoms with Crippen LogP contribution in [0.3, 0.4) is 0 Å². The number of nitrogens with one attached hydrogen (secondary N) is 2. The lowest BCUT2D eigenvalue weighted by Crippen LogP contribution is -2.39. The van der Waals surface area contributed by atoms with E-state index in [1.54, 1.807) is 25.2 Å². The standard InChI is InChI=1S/C16H21F6N3/c1-23-14-10-12(2-3-13(14)24-7-6-15(17,18)19)25-8-4-11(5-9-25)16(20,21)22/h2-3,10-11,23-24H,4-9H2,1H3. The van der Waals surface area contributed by atoms with Gasteiger partial charge < -0.3 is 15.5 Å². The Kier molecular flexibility index (Phi) is 5.95. The largest absolute Gasteiger partial charge is 0.391 e. The first kappa shape index (κ1) is 19.5. The lowest BCUT2D eigenvalue weighted by atomic mass is 9.96. The molecule has 1 saturated heterocycles. The van der Waals surface area contributed by atoms with Gasteiger partial charge in [-0.1, -0.05) is 0 Å². The third kappa shape index (κ3) is 5.61. The molecule has 1 fully saturated rings. The summed E-state index contributed by atoms with van der Waals surface area (Å²) < 4.78 is 74.8. The molecule has 0 atom stereocenters. The summed E-state index contributed by atoms with van der Waals surface area (Å²) in [6, 6.07) is 5.10. The number of hydrogen-bond acceptors (Lipinski definition) is 3. The Hall–Kier alpha value is -1.80. The zero-order valence-corrected chi connectivity index (χ0v) is 13.8. The zero-order chi connectivity index (χ0) is 18.7. The van der Waals surface area contributed by atoms with Crippen LogP contribution in [0.25, 0.3) is 0 Å². The van der Waals surface area contributed by atoms with Crippen LogP contribution in [0.2, 0.25) is 0 Å². The quantitative estimate of drug-likeness (QED) is 0.725. The minimum Gasteiger partial charge on any atom is -0.386 e. The number of alkyl halides is 6. The van der Waals surface area contributed by atoms with Gasteiger partial charge >= 0.3 is 12.4 Å². The van der Waals surface area contributed by atoms with Crippen LogP contribution < -0.4 is 15.5 Å². The van der Waals surface area contributed by atoms with E-state index in [4.69, 9.17) is 0 Å². The molecular formula is C16H21F6N3. The minimum absolute atomic E-state index is 0.0456. The molecule has 0 aliphatic carbocycles. The summed E-state index contributed by atoms with van der Waals surface area (Å²) in [4.78, 5) is 1.86. The molecule has 1 aromatic rings. The van der Waals surface area contributed by atoms with Crippen LogP contribution in [0.5, 0.6) is 0 Å². The second kappa shape index (κ2) is 7.61. The third-order valence-corrected chi connectivity index (χ3v) is 4.32. The summed E-state index contributed by atoms with van der Waals surface area (Å²) in [5.41, 5.74) is 1.89. The van der Waals surface area contributed by atoms with Crippen LogP contribution >= 0.6 is 0 Å². The van der Waals surface area contributed by atoms with E-state index in [2.05, 4.69) is 10.6 Å². The zero-order valence-electron chi connectivity index (χ0n) is 13.8. The van der Waals surface area contributed by atoms with E-state index in [0.717, 1.165) is 5.69 Å². The highest BCUT2D eigenvalue weighted by molar-refractivity contribution is 5.74. The van der Waals surface area contributed by atoms with Crippen molar-refractivity contribution in [3.63, 3.8) is 0 Å². The van der Waals surface area contributed by atoms with Crippen LogP contribution in [0.4, 0.5) is 43.4 Å². The number of benzene rings is 1. The van der Waals surface area contributed by atoms with E-state index in [9.17, 15) is 26.3 Å². The van der Waals surface area contributed by atoms with Gasteiger partial charge in [-0.25, -0.2) is 0 Å². The molecule has 1 aromatic carbocycles. The Balaban J connectivity index is 1.99. The summed E-state index contributed by atoms with van der Waals surface area (Å²) in [7, 11) is 1.64. The maximum absolute atomic E-state index is 12.7. The molecule has 1 aliphatic rings. The van der Waals surface area contributed by atoms with E-state index in [0.29, 0.717) is 24.5 Å². The molecule has 25 heavy (non-hydrogen) atoms. The molecule has 0 bridgehead atoms. The summed E-state index contributed by atoms with van der Waals surface area (Å²) in [5.74, 6) is -1.27.